The summed E-state index contributed by atoms with van der Waals surface area (Å²) < 4.78 is -1.35. The molecule has 0 radical (unpaired) electrons. The van der Waals surface area contributed by atoms with Gasteiger partial charge in [0, 0.05) is 48.0 Å². The van der Waals surface area contributed by atoms with Crippen LogP contribution in [0.1, 0.15) is 47.5 Å². The van der Waals surface area contributed by atoms with Crippen molar-refractivity contribution in [2.24, 2.45) is 17.8 Å². The molecule has 3 heterocycles. The van der Waals surface area contributed by atoms with E-state index in [4.69, 9.17) is 0 Å². The minimum Gasteiger partial charge on any atom is -0.394 e. The number of thioether (sulfide) groups is 1. The van der Waals surface area contributed by atoms with Gasteiger partial charge in [-0.05, 0) is 75.9 Å². The van der Waals surface area contributed by atoms with Crippen molar-refractivity contribution in [1.29, 1.82) is 0 Å². The zero-order valence-electron chi connectivity index (χ0n) is 28.5. The minimum absolute atomic E-state index is 0.107. The number of aliphatic hydroxyl groups excluding tert-OH is 1. The summed E-state index contributed by atoms with van der Waals surface area (Å²) in [5, 5.41) is 10.7. The lowest BCUT2D eigenvalue weighted by Crippen LogP contribution is -2.58. The Morgan fingerprint density at radius 3 is 2.02 bits per heavy atom. The van der Waals surface area contributed by atoms with Crippen LogP contribution >= 0.6 is 11.8 Å². The van der Waals surface area contributed by atoms with E-state index in [1.807, 2.05) is 68.4 Å². The molecular weight excluding hydrogens is 609 g/mol. The van der Waals surface area contributed by atoms with Crippen molar-refractivity contribution in [3.8, 4) is 0 Å². The monoisotopic (exact) mass is 658 g/mol. The van der Waals surface area contributed by atoms with Crippen LogP contribution in [0.25, 0.3) is 0 Å². The molecule has 3 aliphatic rings. The van der Waals surface area contributed by atoms with Crippen molar-refractivity contribution in [3.05, 3.63) is 79.9 Å². The Morgan fingerprint density at radius 2 is 1.49 bits per heavy atom. The highest BCUT2D eigenvalue weighted by Crippen LogP contribution is 2.72. The highest BCUT2D eigenvalue weighted by Gasteiger charge is 2.78. The van der Waals surface area contributed by atoms with Crippen LogP contribution in [0.4, 0.5) is 17.1 Å². The first-order valence-electron chi connectivity index (χ1n) is 16.9. The molecule has 3 amide bonds. The van der Waals surface area contributed by atoms with Crippen molar-refractivity contribution < 1.29 is 19.5 Å². The van der Waals surface area contributed by atoms with E-state index in [2.05, 4.69) is 38.8 Å². The van der Waals surface area contributed by atoms with Gasteiger partial charge in [-0.2, -0.15) is 0 Å². The van der Waals surface area contributed by atoms with E-state index < -0.39 is 33.4 Å². The topological polar surface area (TPSA) is 84.4 Å². The van der Waals surface area contributed by atoms with Gasteiger partial charge in [0.1, 0.15) is 6.04 Å². The molecule has 2 bridgehead atoms. The minimum atomic E-state index is -0.851. The van der Waals surface area contributed by atoms with Crippen LogP contribution < -0.4 is 14.7 Å². The van der Waals surface area contributed by atoms with E-state index in [-0.39, 0.29) is 36.8 Å². The first-order valence-corrected chi connectivity index (χ1v) is 17.7. The highest BCUT2D eigenvalue weighted by atomic mass is 32.2. The zero-order valence-corrected chi connectivity index (χ0v) is 29.3. The first-order chi connectivity index (χ1) is 22.5. The second-order valence-corrected chi connectivity index (χ2v) is 15.4. The molecule has 9 heteroatoms. The fourth-order valence-corrected chi connectivity index (χ4v) is 10.6. The van der Waals surface area contributed by atoms with Crippen molar-refractivity contribution >= 4 is 46.5 Å². The molecule has 1 spiro atoms. The number of hydrogen-bond donors (Lipinski definition) is 1. The molecule has 0 aliphatic carbocycles. The number of anilines is 3. The average Bonchev–Trinajstić information content (AvgIpc) is 3.64. The van der Waals surface area contributed by atoms with Gasteiger partial charge in [0.2, 0.25) is 11.8 Å². The predicted octanol–water partition coefficient (Wildman–Crippen LogP) is 5.77. The maximum atomic E-state index is 15.1. The number of para-hydroxylation sites is 1. The molecule has 2 aromatic carbocycles. The van der Waals surface area contributed by atoms with E-state index in [1.165, 1.54) is 0 Å². The number of likely N-dealkylation sites (tertiary alicyclic amines) is 1. The summed E-state index contributed by atoms with van der Waals surface area (Å²) in [6, 6.07) is 16.0. The highest BCUT2D eigenvalue weighted by molar-refractivity contribution is 8.02. The molecule has 3 saturated heterocycles. The molecule has 0 saturated carbocycles. The average molecular weight is 659 g/mol. The molecular formula is C38H50N4O4S. The number of rotatable bonds is 14. The summed E-state index contributed by atoms with van der Waals surface area (Å²) in [4.78, 5) is 52.0. The van der Waals surface area contributed by atoms with E-state index in [9.17, 15) is 14.7 Å². The van der Waals surface area contributed by atoms with Crippen LogP contribution in [-0.4, -0.2) is 82.1 Å². The summed E-state index contributed by atoms with van der Waals surface area (Å²) in [7, 11) is 0. The Morgan fingerprint density at radius 1 is 0.936 bits per heavy atom. The third-order valence-electron chi connectivity index (χ3n) is 10.5. The smallest absolute Gasteiger partial charge is 0.251 e. The molecule has 3 fully saturated rings. The lowest BCUT2D eigenvalue weighted by atomic mass is 9.66. The number of nitrogens with zero attached hydrogens (tertiary/aromatic N) is 4. The summed E-state index contributed by atoms with van der Waals surface area (Å²) in [5.41, 5.74) is 2.54. The summed E-state index contributed by atoms with van der Waals surface area (Å²) in [6.45, 7) is 20.1. The van der Waals surface area contributed by atoms with Crippen LogP contribution in [0.5, 0.6) is 0 Å². The van der Waals surface area contributed by atoms with Crippen molar-refractivity contribution in [1.82, 2.24) is 4.90 Å². The quantitative estimate of drug-likeness (QED) is 0.260. The maximum Gasteiger partial charge on any atom is 0.251 e. The molecule has 0 aromatic heterocycles. The Balaban J connectivity index is 1.61. The summed E-state index contributed by atoms with van der Waals surface area (Å²) >= 11 is 1.65. The van der Waals surface area contributed by atoms with Crippen molar-refractivity contribution in [3.63, 3.8) is 0 Å². The third-order valence-corrected chi connectivity index (χ3v) is 12.5. The lowest BCUT2D eigenvalue weighted by Gasteiger charge is -2.40. The van der Waals surface area contributed by atoms with E-state index in [1.54, 1.807) is 38.6 Å². The number of carbonyl (C=O) groups is 3. The molecule has 3 aliphatic heterocycles. The SMILES string of the molecule is C=CCN(C(=O)C1N([C@@H](CO)C(C)C)C(=O)[C@@H]2[C@@H](C(=O)N(CC=C)c3ccccc3)[C@@]3(C)CCC12S3)c1ccc(N(CC)CC)cc1. The fraction of sp³-hybridized carbons (Fsp3) is 0.500. The Bertz CT molecular complexity index is 1480. The Hall–Kier alpha value is -3.56. The normalized spacial score (nSPS) is 26.7. The van der Waals surface area contributed by atoms with Gasteiger partial charge >= 0.3 is 0 Å². The van der Waals surface area contributed by atoms with Gasteiger partial charge in [-0.15, -0.1) is 24.9 Å². The van der Waals surface area contributed by atoms with Crippen LogP contribution in [-0.2, 0) is 14.4 Å². The molecule has 1 N–H and O–H groups in total. The van der Waals surface area contributed by atoms with Gasteiger partial charge in [0.05, 0.1) is 29.2 Å². The van der Waals surface area contributed by atoms with Gasteiger partial charge in [0.15, 0.2) is 0 Å². The van der Waals surface area contributed by atoms with Gasteiger partial charge in [-0.25, -0.2) is 0 Å². The zero-order chi connectivity index (χ0) is 34.1. The molecule has 8 nitrogen and oxygen atoms in total. The Kier molecular flexibility index (Phi) is 10.3. The van der Waals surface area contributed by atoms with Crippen LogP contribution in [0.15, 0.2) is 79.9 Å². The predicted molar refractivity (Wildman–Crippen MR) is 193 cm³/mol. The van der Waals surface area contributed by atoms with Crippen LogP contribution in [0.3, 0.4) is 0 Å². The fourth-order valence-electron chi connectivity index (χ4n) is 8.26. The Labute approximate surface area is 284 Å². The first kappa shape index (κ1) is 34.8. The van der Waals surface area contributed by atoms with E-state index >= 15 is 4.79 Å². The van der Waals surface area contributed by atoms with Gasteiger partial charge in [0.25, 0.3) is 5.91 Å². The molecule has 2 aromatic rings. The lowest BCUT2D eigenvalue weighted by molar-refractivity contribution is -0.143. The molecule has 47 heavy (non-hydrogen) atoms. The summed E-state index contributed by atoms with van der Waals surface area (Å²) in [6.07, 6.45) is 4.75. The van der Waals surface area contributed by atoms with Crippen molar-refractivity contribution in [2.45, 2.75) is 69.0 Å². The second kappa shape index (κ2) is 13.9. The van der Waals surface area contributed by atoms with Gasteiger partial charge in [-0.3, -0.25) is 14.4 Å². The number of amides is 3. The van der Waals surface area contributed by atoms with Crippen molar-refractivity contribution in [2.75, 3.05) is 47.5 Å². The second-order valence-electron chi connectivity index (χ2n) is 13.5. The number of aliphatic hydroxyl groups is 1. The number of hydrogen-bond acceptors (Lipinski definition) is 6. The van der Waals surface area contributed by atoms with Gasteiger partial charge in [-0.1, -0.05) is 44.2 Å². The third kappa shape index (κ3) is 5.79. The molecule has 252 valence electrons. The molecule has 2 unspecified atom stereocenters. The number of fused-ring (bicyclic) bond motifs is 1. The molecule has 5 rings (SSSR count). The summed E-state index contributed by atoms with van der Waals surface area (Å²) in [5.74, 6) is -1.99. The maximum absolute atomic E-state index is 15.1. The van der Waals surface area contributed by atoms with E-state index in [0.29, 0.717) is 19.4 Å². The van der Waals surface area contributed by atoms with Gasteiger partial charge < -0.3 is 24.7 Å². The number of benzene rings is 2. The van der Waals surface area contributed by atoms with E-state index in [0.717, 1.165) is 30.2 Å². The largest absolute Gasteiger partial charge is 0.394 e. The molecule has 6 atom stereocenters. The van der Waals surface area contributed by atoms with Crippen LogP contribution in [0.2, 0.25) is 0 Å². The standard InChI is InChI=1S/C38H50N4O4S/c1-8-23-40(28-15-13-12-14-16-28)34(44)31-32-35(45)42(30(25-43)26(5)6)33(38(32)22-21-37(31,7)47-38)36(46)41(24-9-2)29-19-17-27(18-20-29)39(10-3)11-4/h8-9,12-20,26,30-33,43H,1-2,10-11,21-25H2,3-7H3/t30-,31-,32-,33?,37+,38?/m0/s1. The number of carbonyl (C=O) groups excluding carboxylic acids is 3. The van der Waals surface area contributed by atoms with Crippen LogP contribution in [0, 0.1) is 17.8 Å².